The first-order valence-electron chi connectivity index (χ1n) is 5.66. The van der Waals surface area contributed by atoms with E-state index in [9.17, 15) is 4.79 Å². The lowest BCUT2D eigenvalue weighted by Crippen LogP contribution is -2.23. The minimum Gasteiger partial charge on any atom is -0.465 e. The number of rotatable bonds is 3. The maximum absolute atomic E-state index is 12.0. The van der Waals surface area contributed by atoms with Crippen LogP contribution in [0, 0.1) is 13.8 Å². The van der Waals surface area contributed by atoms with Gasteiger partial charge in [0.2, 0.25) is 0 Å². The molecule has 2 rings (SSSR count). The summed E-state index contributed by atoms with van der Waals surface area (Å²) in [5, 5.41) is 2.84. The van der Waals surface area contributed by atoms with Crippen molar-refractivity contribution in [2.45, 2.75) is 20.4 Å². The van der Waals surface area contributed by atoms with Gasteiger partial charge in [0.25, 0.3) is 5.91 Å². The van der Waals surface area contributed by atoms with Gasteiger partial charge in [-0.05, 0) is 43.7 Å². The van der Waals surface area contributed by atoms with E-state index in [4.69, 9.17) is 4.42 Å². The molecule has 18 heavy (non-hydrogen) atoms. The zero-order chi connectivity index (χ0) is 13.1. The maximum Gasteiger partial charge on any atom is 0.251 e. The summed E-state index contributed by atoms with van der Waals surface area (Å²) < 4.78 is 6.30. The summed E-state index contributed by atoms with van der Waals surface area (Å²) >= 11 is 3.37. The SMILES string of the molecule is Cc1ccc(CNC(=O)c2cc(Br)ccc2C)o1. The molecule has 0 fully saturated rings. The Morgan fingerprint density at radius 3 is 2.72 bits per heavy atom. The lowest BCUT2D eigenvalue weighted by atomic mass is 10.1. The van der Waals surface area contributed by atoms with Crippen LogP contribution in [0.1, 0.15) is 27.4 Å². The predicted octanol–water partition coefficient (Wildman–Crippen LogP) is 3.59. The van der Waals surface area contributed by atoms with Gasteiger partial charge in [-0.2, -0.15) is 0 Å². The van der Waals surface area contributed by atoms with E-state index in [0.717, 1.165) is 21.6 Å². The van der Waals surface area contributed by atoms with Gasteiger partial charge in [-0.3, -0.25) is 4.79 Å². The third-order valence-corrected chi connectivity index (χ3v) is 3.16. The second-order valence-electron chi connectivity index (χ2n) is 4.15. The summed E-state index contributed by atoms with van der Waals surface area (Å²) in [6.07, 6.45) is 0. The number of aryl methyl sites for hydroxylation is 2. The summed E-state index contributed by atoms with van der Waals surface area (Å²) in [5.41, 5.74) is 1.62. The van der Waals surface area contributed by atoms with Gasteiger partial charge in [0.1, 0.15) is 11.5 Å². The highest BCUT2D eigenvalue weighted by Crippen LogP contribution is 2.16. The number of benzene rings is 1. The van der Waals surface area contributed by atoms with E-state index in [1.807, 2.05) is 44.2 Å². The second kappa shape index (κ2) is 5.40. The largest absolute Gasteiger partial charge is 0.465 e. The molecular weight excluding hydrogens is 294 g/mol. The number of furan rings is 1. The van der Waals surface area contributed by atoms with E-state index in [1.54, 1.807) is 0 Å². The van der Waals surface area contributed by atoms with E-state index < -0.39 is 0 Å². The molecule has 1 N–H and O–H groups in total. The number of hydrogen-bond acceptors (Lipinski definition) is 2. The third kappa shape index (κ3) is 3.01. The molecule has 1 aromatic heterocycles. The molecule has 2 aromatic rings. The molecule has 3 nitrogen and oxygen atoms in total. The van der Waals surface area contributed by atoms with Gasteiger partial charge in [-0.25, -0.2) is 0 Å². The maximum atomic E-state index is 12.0. The zero-order valence-electron chi connectivity index (χ0n) is 10.3. The minimum atomic E-state index is -0.0946. The molecule has 1 heterocycles. The molecule has 0 spiro atoms. The number of carbonyl (C=O) groups is 1. The van der Waals surface area contributed by atoms with Crippen LogP contribution in [0.5, 0.6) is 0 Å². The van der Waals surface area contributed by atoms with Crippen molar-refractivity contribution >= 4 is 21.8 Å². The van der Waals surface area contributed by atoms with Crippen molar-refractivity contribution in [3.8, 4) is 0 Å². The monoisotopic (exact) mass is 307 g/mol. The molecule has 1 aromatic carbocycles. The number of halogens is 1. The highest BCUT2D eigenvalue weighted by molar-refractivity contribution is 9.10. The normalized spacial score (nSPS) is 10.4. The smallest absolute Gasteiger partial charge is 0.251 e. The molecule has 0 saturated heterocycles. The summed E-state index contributed by atoms with van der Waals surface area (Å²) in [5.74, 6) is 1.51. The summed E-state index contributed by atoms with van der Waals surface area (Å²) in [4.78, 5) is 12.0. The van der Waals surface area contributed by atoms with E-state index >= 15 is 0 Å². The Balaban J connectivity index is 2.05. The first kappa shape index (κ1) is 12.9. The fourth-order valence-electron chi connectivity index (χ4n) is 1.68. The lowest BCUT2D eigenvalue weighted by molar-refractivity contribution is 0.0947. The Bertz CT molecular complexity index is 575. The highest BCUT2D eigenvalue weighted by Gasteiger charge is 2.09. The van der Waals surface area contributed by atoms with Crippen molar-refractivity contribution < 1.29 is 9.21 Å². The van der Waals surface area contributed by atoms with Crippen LogP contribution >= 0.6 is 15.9 Å². The molecule has 0 radical (unpaired) electrons. The molecule has 1 amide bonds. The van der Waals surface area contributed by atoms with Crippen molar-refractivity contribution in [2.75, 3.05) is 0 Å². The average molecular weight is 308 g/mol. The van der Waals surface area contributed by atoms with Crippen LogP contribution < -0.4 is 5.32 Å². The summed E-state index contributed by atoms with van der Waals surface area (Å²) in [6.45, 7) is 4.20. The van der Waals surface area contributed by atoms with E-state index in [0.29, 0.717) is 12.1 Å². The molecular formula is C14H14BrNO2. The van der Waals surface area contributed by atoms with Gasteiger partial charge < -0.3 is 9.73 Å². The van der Waals surface area contributed by atoms with E-state index in [2.05, 4.69) is 21.2 Å². The molecule has 0 unspecified atom stereocenters. The highest BCUT2D eigenvalue weighted by atomic mass is 79.9. The quantitative estimate of drug-likeness (QED) is 0.941. The van der Waals surface area contributed by atoms with E-state index in [1.165, 1.54) is 0 Å². The van der Waals surface area contributed by atoms with Crippen molar-refractivity contribution in [1.82, 2.24) is 5.32 Å². The predicted molar refractivity (Wildman–Crippen MR) is 73.5 cm³/mol. The van der Waals surface area contributed by atoms with E-state index in [-0.39, 0.29) is 5.91 Å². The molecule has 0 aliphatic heterocycles. The Labute approximate surface area is 114 Å². The van der Waals surface area contributed by atoms with Crippen LogP contribution in [0.2, 0.25) is 0 Å². The standard InChI is InChI=1S/C14H14BrNO2/c1-9-3-5-11(15)7-13(9)14(17)16-8-12-6-4-10(2)18-12/h3-7H,8H2,1-2H3,(H,16,17). The van der Waals surface area contributed by atoms with Crippen LogP contribution in [0.15, 0.2) is 39.2 Å². The van der Waals surface area contributed by atoms with Crippen molar-refractivity contribution in [2.24, 2.45) is 0 Å². The van der Waals surface area contributed by atoms with Crippen LogP contribution in [0.25, 0.3) is 0 Å². The van der Waals surface area contributed by atoms with Gasteiger partial charge in [-0.1, -0.05) is 22.0 Å². The molecule has 0 bridgehead atoms. The minimum absolute atomic E-state index is 0.0946. The zero-order valence-corrected chi connectivity index (χ0v) is 11.9. The van der Waals surface area contributed by atoms with Crippen LogP contribution in [0.4, 0.5) is 0 Å². The first-order chi connectivity index (χ1) is 8.56. The Morgan fingerprint density at radius 2 is 2.06 bits per heavy atom. The van der Waals surface area contributed by atoms with Gasteiger partial charge in [-0.15, -0.1) is 0 Å². The van der Waals surface area contributed by atoms with Crippen LogP contribution in [-0.2, 0) is 6.54 Å². The number of amides is 1. The van der Waals surface area contributed by atoms with Gasteiger partial charge in [0.05, 0.1) is 6.54 Å². The topological polar surface area (TPSA) is 42.2 Å². The Kier molecular flexibility index (Phi) is 3.87. The van der Waals surface area contributed by atoms with Gasteiger partial charge >= 0.3 is 0 Å². The average Bonchev–Trinajstić information content (AvgIpc) is 2.75. The summed E-state index contributed by atoms with van der Waals surface area (Å²) in [7, 11) is 0. The molecule has 94 valence electrons. The lowest BCUT2D eigenvalue weighted by Gasteiger charge is -2.07. The summed E-state index contributed by atoms with van der Waals surface area (Å²) in [6, 6.07) is 9.39. The molecule has 0 aliphatic rings. The third-order valence-electron chi connectivity index (χ3n) is 2.66. The van der Waals surface area contributed by atoms with Crippen LogP contribution in [0.3, 0.4) is 0 Å². The Morgan fingerprint density at radius 1 is 1.28 bits per heavy atom. The fraction of sp³-hybridized carbons (Fsp3) is 0.214. The molecule has 0 saturated carbocycles. The second-order valence-corrected chi connectivity index (χ2v) is 5.07. The first-order valence-corrected chi connectivity index (χ1v) is 6.45. The van der Waals surface area contributed by atoms with Crippen molar-refractivity contribution in [1.29, 1.82) is 0 Å². The number of hydrogen-bond donors (Lipinski definition) is 1. The Hall–Kier alpha value is -1.55. The fourth-order valence-corrected chi connectivity index (χ4v) is 2.04. The molecule has 0 aliphatic carbocycles. The van der Waals surface area contributed by atoms with Gasteiger partial charge in [0, 0.05) is 10.0 Å². The number of carbonyl (C=O) groups excluding carboxylic acids is 1. The van der Waals surface area contributed by atoms with Gasteiger partial charge in [0.15, 0.2) is 0 Å². The van der Waals surface area contributed by atoms with Crippen molar-refractivity contribution in [3.05, 3.63) is 57.5 Å². The van der Waals surface area contributed by atoms with Crippen molar-refractivity contribution in [3.63, 3.8) is 0 Å². The molecule has 4 heteroatoms. The number of nitrogens with one attached hydrogen (secondary N) is 1. The van der Waals surface area contributed by atoms with Crippen LogP contribution in [-0.4, -0.2) is 5.91 Å². The molecule has 0 atom stereocenters.